The molecule has 0 spiro atoms. The van der Waals surface area contributed by atoms with Crippen molar-refractivity contribution in [1.82, 2.24) is 5.01 Å². The molecule has 2 aromatic carbocycles. The van der Waals surface area contributed by atoms with Gasteiger partial charge in [0, 0.05) is 0 Å². The number of guanidine groups is 1. The lowest BCUT2D eigenvalue weighted by atomic mass is 9.71. The molecule has 0 saturated carbocycles. The van der Waals surface area contributed by atoms with Gasteiger partial charge in [-0.15, -0.1) is 0 Å². The van der Waals surface area contributed by atoms with Gasteiger partial charge in [0.2, 0.25) is 5.91 Å². The van der Waals surface area contributed by atoms with Crippen LogP contribution in [0.5, 0.6) is 0 Å². The molecule has 25 heavy (non-hydrogen) atoms. The van der Waals surface area contributed by atoms with Gasteiger partial charge in [0.1, 0.15) is 5.41 Å². The van der Waals surface area contributed by atoms with Crippen molar-refractivity contribution in [2.45, 2.75) is 11.8 Å². The van der Waals surface area contributed by atoms with E-state index in [9.17, 15) is 14.9 Å². The second-order valence-corrected chi connectivity index (χ2v) is 5.50. The van der Waals surface area contributed by atoms with E-state index in [-0.39, 0.29) is 13.0 Å². The Labute approximate surface area is 144 Å². The lowest BCUT2D eigenvalue weighted by Crippen LogP contribution is -2.48. The number of carbonyl (C=O) groups excluding carboxylic acids is 1. The third-order valence-electron chi connectivity index (χ3n) is 4.13. The summed E-state index contributed by atoms with van der Waals surface area (Å²) in [5.41, 5.74) is 11.0. The van der Waals surface area contributed by atoms with Crippen LogP contribution >= 0.6 is 0 Å². The Kier molecular flexibility index (Phi) is 5.33. The molecule has 0 aliphatic rings. The van der Waals surface area contributed by atoms with Gasteiger partial charge < -0.3 is 11.5 Å². The standard InChI is InChI=1S/C17H19N5O3/c18-15(23)17(13-7-3-1-4-8-13,14-9-5-2-6-10-14)11-12-21(16(19)20)22(24)25/h1-10H,11-12H2,(H2,18,23)(H3,19,20). The van der Waals surface area contributed by atoms with Gasteiger partial charge in [0.05, 0.1) is 6.54 Å². The number of hydrogen-bond donors (Lipinski definition) is 3. The van der Waals surface area contributed by atoms with Crippen LogP contribution in [-0.2, 0) is 10.2 Å². The van der Waals surface area contributed by atoms with Gasteiger partial charge in [0.25, 0.3) is 5.96 Å². The SMILES string of the molecule is N=C(N)N(CCC(C(N)=O)(c1ccccc1)c1ccccc1)[N+](=O)[O-]. The van der Waals surface area contributed by atoms with Crippen LogP contribution in [0.15, 0.2) is 60.7 Å². The fourth-order valence-corrected chi connectivity index (χ4v) is 2.87. The van der Waals surface area contributed by atoms with Crippen LogP contribution in [0.2, 0.25) is 0 Å². The minimum Gasteiger partial charge on any atom is -0.369 e. The van der Waals surface area contributed by atoms with Crippen molar-refractivity contribution in [1.29, 1.82) is 5.41 Å². The van der Waals surface area contributed by atoms with Crippen LogP contribution in [0.1, 0.15) is 17.5 Å². The smallest absolute Gasteiger partial charge is 0.251 e. The molecule has 0 aromatic heterocycles. The molecule has 130 valence electrons. The van der Waals surface area contributed by atoms with Crippen molar-refractivity contribution in [3.05, 3.63) is 81.9 Å². The summed E-state index contributed by atoms with van der Waals surface area (Å²) in [6.07, 6.45) is -0.00306. The zero-order valence-electron chi connectivity index (χ0n) is 13.5. The Hall–Kier alpha value is -3.42. The summed E-state index contributed by atoms with van der Waals surface area (Å²) in [6, 6.07) is 17.7. The van der Waals surface area contributed by atoms with Crippen molar-refractivity contribution in [2.24, 2.45) is 11.5 Å². The van der Waals surface area contributed by atoms with E-state index in [1.807, 2.05) is 0 Å². The molecule has 0 atom stereocenters. The maximum Gasteiger partial charge on any atom is 0.251 e. The quantitative estimate of drug-likeness (QED) is 0.301. The fraction of sp³-hybridized carbons (Fsp3) is 0.176. The second-order valence-electron chi connectivity index (χ2n) is 5.50. The maximum absolute atomic E-state index is 12.5. The van der Waals surface area contributed by atoms with E-state index < -0.39 is 22.3 Å². The van der Waals surface area contributed by atoms with E-state index in [1.54, 1.807) is 60.7 Å². The third kappa shape index (κ3) is 3.57. The number of amides is 1. The Balaban J connectivity index is 2.54. The molecule has 1 amide bonds. The van der Waals surface area contributed by atoms with Gasteiger partial charge in [0.15, 0.2) is 5.03 Å². The molecule has 0 radical (unpaired) electrons. The van der Waals surface area contributed by atoms with Gasteiger partial charge in [-0.2, -0.15) is 0 Å². The Morgan fingerprint density at radius 2 is 1.48 bits per heavy atom. The predicted octanol–water partition coefficient (Wildman–Crippen LogP) is 1.24. The number of nitrogens with zero attached hydrogens (tertiary/aromatic N) is 2. The maximum atomic E-state index is 12.5. The van der Waals surface area contributed by atoms with Gasteiger partial charge >= 0.3 is 0 Å². The highest BCUT2D eigenvalue weighted by atomic mass is 16.7. The molecule has 0 unspecified atom stereocenters. The van der Waals surface area contributed by atoms with Gasteiger partial charge in [-0.05, 0) is 17.5 Å². The Morgan fingerprint density at radius 3 is 1.80 bits per heavy atom. The van der Waals surface area contributed by atoms with E-state index in [2.05, 4.69) is 0 Å². The normalized spacial score (nSPS) is 10.9. The summed E-state index contributed by atoms with van der Waals surface area (Å²) in [5.74, 6) is -1.33. The number of benzene rings is 2. The number of hydrogen-bond acceptors (Lipinski definition) is 4. The molecule has 2 aromatic rings. The molecule has 8 heteroatoms. The zero-order valence-corrected chi connectivity index (χ0v) is 13.5. The minimum atomic E-state index is -1.27. The summed E-state index contributed by atoms with van der Waals surface area (Å²) in [4.78, 5) is 23.6. The summed E-state index contributed by atoms with van der Waals surface area (Å²) in [5, 5.41) is 18.2. The minimum absolute atomic E-state index is 0.00306. The molecule has 0 bridgehead atoms. The number of nitrogens with two attached hydrogens (primary N) is 2. The van der Waals surface area contributed by atoms with Gasteiger partial charge in [-0.25, -0.2) is 10.1 Å². The largest absolute Gasteiger partial charge is 0.369 e. The van der Waals surface area contributed by atoms with Crippen molar-refractivity contribution in [3.63, 3.8) is 0 Å². The van der Waals surface area contributed by atoms with E-state index >= 15 is 0 Å². The average Bonchev–Trinajstić information content (AvgIpc) is 2.59. The lowest BCUT2D eigenvalue weighted by molar-refractivity contribution is -0.630. The molecule has 0 aliphatic heterocycles. The van der Waals surface area contributed by atoms with Crippen LogP contribution in [0, 0.1) is 15.5 Å². The number of primary amides is 1. The predicted molar refractivity (Wildman–Crippen MR) is 93.1 cm³/mol. The summed E-state index contributed by atoms with van der Waals surface area (Å²) >= 11 is 0. The van der Waals surface area contributed by atoms with Crippen molar-refractivity contribution in [3.8, 4) is 0 Å². The highest BCUT2D eigenvalue weighted by molar-refractivity contribution is 5.91. The van der Waals surface area contributed by atoms with E-state index in [0.717, 1.165) is 0 Å². The first-order valence-corrected chi connectivity index (χ1v) is 7.56. The summed E-state index contributed by atoms with van der Waals surface area (Å²) < 4.78 is 0. The van der Waals surface area contributed by atoms with Crippen LogP contribution in [0.25, 0.3) is 0 Å². The Bertz CT molecular complexity index is 711. The molecule has 0 saturated heterocycles. The first kappa shape index (κ1) is 17.9. The lowest BCUT2D eigenvalue weighted by Gasteiger charge is -2.32. The number of nitro groups is 1. The van der Waals surface area contributed by atoms with E-state index in [0.29, 0.717) is 16.1 Å². The highest BCUT2D eigenvalue weighted by Crippen LogP contribution is 2.35. The van der Waals surface area contributed by atoms with Gasteiger partial charge in [-0.1, -0.05) is 65.7 Å². The van der Waals surface area contributed by atoms with E-state index in [1.165, 1.54) is 0 Å². The van der Waals surface area contributed by atoms with Crippen LogP contribution in [0.4, 0.5) is 0 Å². The molecular weight excluding hydrogens is 322 g/mol. The van der Waals surface area contributed by atoms with Crippen molar-refractivity contribution >= 4 is 11.9 Å². The van der Waals surface area contributed by atoms with Crippen LogP contribution in [-0.4, -0.2) is 28.5 Å². The van der Waals surface area contributed by atoms with Crippen molar-refractivity contribution in [2.75, 3.05) is 6.54 Å². The number of rotatable bonds is 7. The highest BCUT2D eigenvalue weighted by Gasteiger charge is 2.41. The first-order valence-electron chi connectivity index (χ1n) is 7.56. The molecular formula is C17H19N5O3. The van der Waals surface area contributed by atoms with Gasteiger partial charge in [-0.3, -0.25) is 10.2 Å². The zero-order chi connectivity index (χ0) is 18.4. The average molecular weight is 341 g/mol. The molecule has 5 N–H and O–H groups in total. The molecule has 0 fully saturated rings. The molecule has 8 nitrogen and oxygen atoms in total. The number of hydrazine groups is 1. The number of nitrogens with one attached hydrogen (secondary N) is 1. The fourth-order valence-electron chi connectivity index (χ4n) is 2.87. The second kappa shape index (κ2) is 7.43. The number of carbonyl (C=O) groups is 1. The topological polar surface area (TPSA) is 139 Å². The van der Waals surface area contributed by atoms with E-state index in [4.69, 9.17) is 16.9 Å². The molecule has 2 rings (SSSR count). The third-order valence-corrected chi connectivity index (χ3v) is 4.13. The first-order chi connectivity index (χ1) is 11.9. The summed E-state index contributed by atoms with van der Waals surface area (Å²) in [7, 11) is 0. The summed E-state index contributed by atoms with van der Waals surface area (Å²) in [6.45, 7) is -0.241. The van der Waals surface area contributed by atoms with Crippen molar-refractivity contribution < 1.29 is 9.83 Å². The molecule has 0 aliphatic carbocycles. The Morgan fingerprint density at radius 1 is 1.04 bits per heavy atom. The molecule has 0 heterocycles. The van der Waals surface area contributed by atoms with Crippen LogP contribution in [0.3, 0.4) is 0 Å². The van der Waals surface area contributed by atoms with Crippen LogP contribution < -0.4 is 11.5 Å². The monoisotopic (exact) mass is 341 g/mol.